The van der Waals surface area contributed by atoms with Crippen molar-refractivity contribution in [2.45, 2.75) is 0 Å². The van der Waals surface area contributed by atoms with Gasteiger partial charge in [0.15, 0.2) is 5.75 Å². The van der Waals surface area contributed by atoms with Crippen molar-refractivity contribution in [2.75, 3.05) is 0 Å². The Bertz CT molecular complexity index is 412. The number of hydrogen-bond acceptors (Lipinski definition) is 1. The normalized spacial score (nSPS) is 9.71. The van der Waals surface area contributed by atoms with E-state index in [9.17, 15) is 0 Å². The van der Waals surface area contributed by atoms with Crippen LogP contribution < -0.4 is 10.5 Å². The smallest absolute Gasteiger partial charge is 0.152 e. The van der Waals surface area contributed by atoms with Gasteiger partial charge in [-0.2, -0.15) is 0 Å². The van der Waals surface area contributed by atoms with Crippen LogP contribution in [0.3, 0.4) is 0 Å². The van der Waals surface area contributed by atoms with Crippen molar-refractivity contribution < 1.29 is 4.74 Å². The van der Waals surface area contributed by atoms with E-state index in [0.29, 0.717) is 17.2 Å². The number of benzene rings is 2. The zero-order chi connectivity index (χ0) is 9.80. The largest absolute Gasteiger partial charge is 0.454 e. The predicted octanol–water partition coefficient (Wildman–Crippen LogP) is 3.19. The summed E-state index contributed by atoms with van der Waals surface area (Å²) >= 11 is 0. The summed E-state index contributed by atoms with van der Waals surface area (Å²) in [5.41, 5.74) is 7.96. The molecule has 2 aromatic carbocycles. The first kappa shape index (κ1) is 8.63. The van der Waals surface area contributed by atoms with Gasteiger partial charge in [-0.05, 0) is 18.2 Å². The average molecular weight is 183 g/mol. The molecule has 2 aromatic rings. The van der Waals surface area contributed by atoms with Gasteiger partial charge in [0.05, 0.1) is 5.69 Å². The maximum atomic E-state index is 7.58. The fourth-order valence-corrected chi connectivity index (χ4v) is 1.11. The molecular formula is C12H9NO. The second kappa shape index (κ2) is 3.83. The third-order valence-corrected chi connectivity index (χ3v) is 1.79. The standard InChI is InChI=1S/C12H9NO/c13-11-8-4-5-9-12(11)14-10-6-2-1-3-7-10/h1-6,8-9,13H. The highest BCUT2D eigenvalue weighted by molar-refractivity contribution is 5.50. The van der Waals surface area contributed by atoms with Gasteiger partial charge < -0.3 is 4.74 Å². The minimum atomic E-state index is 0.379. The van der Waals surface area contributed by atoms with Crippen LogP contribution in [0, 0.1) is 6.07 Å². The van der Waals surface area contributed by atoms with Crippen LogP contribution in [0.25, 0.3) is 0 Å². The lowest BCUT2D eigenvalue weighted by molar-refractivity contribution is 0.482. The van der Waals surface area contributed by atoms with Crippen LogP contribution in [0.5, 0.6) is 11.5 Å². The summed E-state index contributed by atoms with van der Waals surface area (Å²) in [4.78, 5) is 0. The van der Waals surface area contributed by atoms with Crippen molar-refractivity contribution in [2.24, 2.45) is 0 Å². The number of ether oxygens (including phenoxy) is 1. The molecule has 0 saturated heterocycles. The van der Waals surface area contributed by atoms with E-state index in [4.69, 9.17) is 10.5 Å². The highest BCUT2D eigenvalue weighted by Crippen LogP contribution is 2.26. The van der Waals surface area contributed by atoms with Crippen LogP contribution >= 0.6 is 0 Å². The number of hydrogen-bond donors (Lipinski definition) is 0. The Kier molecular flexibility index (Phi) is 2.36. The molecule has 2 nitrogen and oxygen atoms in total. The molecule has 2 heteroatoms. The molecule has 14 heavy (non-hydrogen) atoms. The first-order valence-corrected chi connectivity index (χ1v) is 4.31. The van der Waals surface area contributed by atoms with Gasteiger partial charge in [-0.25, -0.2) is 0 Å². The first-order valence-electron chi connectivity index (χ1n) is 4.31. The van der Waals surface area contributed by atoms with Gasteiger partial charge in [0.25, 0.3) is 0 Å². The van der Waals surface area contributed by atoms with Gasteiger partial charge in [-0.15, -0.1) is 0 Å². The van der Waals surface area contributed by atoms with E-state index in [-0.39, 0.29) is 0 Å². The van der Waals surface area contributed by atoms with E-state index in [1.54, 1.807) is 18.2 Å². The molecule has 0 aromatic heterocycles. The van der Waals surface area contributed by atoms with Crippen LogP contribution in [0.4, 0.5) is 5.69 Å². The molecule has 0 aliphatic heterocycles. The summed E-state index contributed by atoms with van der Waals surface area (Å²) in [7, 11) is 0. The van der Waals surface area contributed by atoms with Gasteiger partial charge >= 0.3 is 0 Å². The zero-order valence-corrected chi connectivity index (χ0v) is 7.53. The van der Waals surface area contributed by atoms with Gasteiger partial charge in [0, 0.05) is 6.07 Å². The quantitative estimate of drug-likeness (QED) is 0.703. The Labute approximate surface area is 82.9 Å². The Morgan fingerprint density at radius 2 is 1.79 bits per heavy atom. The Hall–Kier alpha value is -1.96. The minimum Gasteiger partial charge on any atom is -0.454 e. The molecule has 68 valence electrons. The number of para-hydroxylation sites is 2. The lowest BCUT2D eigenvalue weighted by Crippen LogP contribution is -1.84. The third-order valence-electron chi connectivity index (χ3n) is 1.79. The molecule has 0 atom stereocenters. The van der Waals surface area contributed by atoms with E-state index in [0.717, 1.165) is 0 Å². The molecule has 0 unspecified atom stereocenters. The third kappa shape index (κ3) is 1.85. The van der Waals surface area contributed by atoms with E-state index in [1.165, 1.54) is 0 Å². The van der Waals surface area contributed by atoms with Crippen LogP contribution in [-0.4, -0.2) is 0 Å². The Morgan fingerprint density at radius 1 is 1.00 bits per heavy atom. The van der Waals surface area contributed by atoms with Crippen molar-refractivity contribution in [3.63, 3.8) is 0 Å². The summed E-state index contributed by atoms with van der Waals surface area (Å²) in [6, 6.07) is 17.4. The second-order valence-corrected chi connectivity index (χ2v) is 2.83. The molecule has 0 fully saturated rings. The van der Waals surface area contributed by atoms with Crippen molar-refractivity contribution >= 4 is 5.69 Å². The van der Waals surface area contributed by atoms with E-state index < -0.39 is 0 Å². The molecule has 2 rings (SSSR count). The molecule has 0 amide bonds. The monoisotopic (exact) mass is 183 g/mol. The molecule has 0 heterocycles. The van der Waals surface area contributed by atoms with Crippen LogP contribution in [-0.2, 0) is 0 Å². The van der Waals surface area contributed by atoms with Gasteiger partial charge in [-0.1, -0.05) is 30.3 Å². The van der Waals surface area contributed by atoms with Crippen molar-refractivity contribution in [3.05, 3.63) is 54.6 Å². The number of nitrogens with one attached hydrogen (secondary N) is 1. The van der Waals surface area contributed by atoms with Crippen LogP contribution in [0.1, 0.15) is 0 Å². The van der Waals surface area contributed by atoms with E-state index in [2.05, 4.69) is 6.07 Å². The van der Waals surface area contributed by atoms with Gasteiger partial charge in [-0.3, -0.25) is 5.73 Å². The van der Waals surface area contributed by atoms with E-state index in [1.807, 2.05) is 30.3 Å². The van der Waals surface area contributed by atoms with Crippen LogP contribution in [0.2, 0.25) is 0 Å². The lowest BCUT2D eigenvalue weighted by Gasteiger charge is -2.06. The summed E-state index contributed by atoms with van der Waals surface area (Å²) in [5.74, 6) is 1.18. The SMILES string of the molecule is [NH]c1ccccc1Oc1[c]cccc1. The maximum Gasteiger partial charge on any atom is 0.152 e. The summed E-state index contributed by atoms with van der Waals surface area (Å²) in [6.07, 6.45) is 0. The van der Waals surface area contributed by atoms with Crippen LogP contribution in [0.15, 0.2) is 48.5 Å². The molecule has 0 spiro atoms. The molecule has 0 aliphatic carbocycles. The summed E-state index contributed by atoms with van der Waals surface area (Å²) in [6.45, 7) is 0. The second-order valence-electron chi connectivity index (χ2n) is 2.83. The van der Waals surface area contributed by atoms with E-state index >= 15 is 0 Å². The molecule has 0 saturated carbocycles. The highest BCUT2D eigenvalue weighted by Gasteiger charge is 1.99. The Morgan fingerprint density at radius 3 is 2.50 bits per heavy atom. The summed E-state index contributed by atoms with van der Waals surface area (Å²) < 4.78 is 5.47. The fraction of sp³-hybridized carbons (Fsp3) is 0. The van der Waals surface area contributed by atoms with Gasteiger partial charge in [0.1, 0.15) is 5.75 Å². The zero-order valence-electron chi connectivity index (χ0n) is 7.53. The molecule has 0 bridgehead atoms. The molecule has 0 aliphatic rings. The molecular weight excluding hydrogens is 174 g/mol. The summed E-state index contributed by atoms with van der Waals surface area (Å²) in [5, 5.41) is 0. The van der Waals surface area contributed by atoms with Crippen molar-refractivity contribution in [3.8, 4) is 11.5 Å². The Balaban J connectivity index is 2.24. The highest BCUT2D eigenvalue weighted by atomic mass is 16.5. The lowest BCUT2D eigenvalue weighted by atomic mass is 10.3. The minimum absolute atomic E-state index is 0.379. The number of rotatable bonds is 2. The van der Waals surface area contributed by atoms with Gasteiger partial charge in [0.2, 0.25) is 0 Å². The van der Waals surface area contributed by atoms with Crippen molar-refractivity contribution in [1.82, 2.24) is 5.73 Å². The first-order chi connectivity index (χ1) is 6.86. The molecule has 2 radical (unpaired) electrons. The molecule has 1 N–H and O–H groups in total. The topological polar surface area (TPSA) is 33.0 Å². The fourth-order valence-electron chi connectivity index (χ4n) is 1.11. The average Bonchev–Trinajstić information content (AvgIpc) is 2.23. The van der Waals surface area contributed by atoms with Crippen molar-refractivity contribution in [1.29, 1.82) is 0 Å². The maximum absolute atomic E-state index is 7.58. The predicted molar refractivity (Wildman–Crippen MR) is 54.6 cm³/mol.